The lowest BCUT2D eigenvalue weighted by molar-refractivity contribution is 0.0798. The number of hydrogen-bond acceptors (Lipinski definition) is 3. The number of halogens is 1. The van der Waals surface area contributed by atoms with Crippen molar-refractivity contribution in [3.05, 3.63) is 28.8 Å². The quantitative estimate of drug-likeness (QED) is 0.817. The SMILES string of the molecule is CN(CCC#N)C(=O)c1ccc(Cl)c(N)c1. The fourth-order valence-electron chi connectivity index (χ4n) is 1.22. The van der Waals surface area contributed by atoms with Crippen molar-refractivity contribution < 1.29 is 4.79 Å². The van der Waals surface area contributed by atoms with Gasteiger partial charge in [0.15, 0.2) is 0 Å². The van der Waals surface area contributed by atoms with E-state index < -0.39 is 0 Å². The molecule has 0 radical (unpaired) electrons. The molecule has 16 heavy (non-hydrogen) atoms. The van der Waals surface area contributed by atoms with Gasteiger partial charge in [-0.1, -0.05) is 11.6 Å². The molecule has 0 spiro atoms. The molecular weight excluding hydrogens is 226 g/mol. The molecule has 0 aliphatic rings. The zero-order valence-corrected chi connectivity index (χ0v) is 9.66. The number of carbonyl (C=O) groups excluding carboxylic acids is 1. The summed E-state index contributed by atoms with van der Waals surface area (Å²) in [6.45, 7) is 0.401. The molecule has 0 saturated heterocycles. The highest BCUT2D eigenvalue weighted by Crippen LogP contribution is 2.20. The summed E-state index contributed by atoms with van der Waals surface area (Å²) >= 11 is 5.76. The van der Waals surface area contributed by atoms with E-state index in [1.54, 1.807) is 19.2 Å². The molecule has 1 amide bonds. The second-order valence-electron chi connectivity index (χ2n) is 3.37. The molecule has 5 heteroatoms. The summed E-state index contributed by atoms with van der Waals surface area (Å²) < 4.78 is 0. The highest BCUT2D eigenvalue weighted by atomic mass is 35.5. The summed E-state index contributed by atoms with van der Waals surface area (Å²) in [4.78, 5) is 13.3. The van der Waals surface area contributed by atoms with Gasteiger partial charge >= 0.3 is 0 Å². The van der Waals surface area contributed by atoms with Crippen molar-refractivity contribution in [2.45, 2.75) is 6.42 Å². The van der Waals surface area contributed by atoms with Gasteiger partial charge in [0.2, 0.25) is 0 Å². The van der Waals surface area contributed by atoms with E-state index in [1.807, 2.05) is 6.07 Å². The largest absolute Gasteiger partial charge is 0.398 e. The topological polar surface area (TPSA) is 70.1 Å². The fourth-order valence-corrected chi connectivity index (χ4v) is 1.33. The van der Waals surface area contributed by atoms with Crippen LogP contribution in [-0.4, -0.2) is 24.4 Å². The van der Waals surface area contributed by atoms with Crippen molar-refractivity contribution >= 4 is 23.2 Å². The van der Waals surface area contributed by atoms with E-state index in [4.69, 9.17) is 22.6 Å². The minimum absolute atomic E-state index is 0.168. The zero-order chi connectivity index (χ0) is 12.1. The summed E-state index contributed by atoms with van der Waals surface area (Å²) in [5, 5.41) is 8.85. The van der Waals surface area contributed by atoms with Crippen LogP contribution < -0.4 is 5.73 Å². The number of carbonyl (C=O) groups is 1. The maximum atomic E-state index is 11.8. The molecule has 1 aromatic carbocycles. The molecule has 0 bridgehead atoms. The molecule has 0 aliphatic heterocycles. The molecule has 0 aliphatic carbocycles. The van der Waals surface area contributed by atoms with E-state index in [9.17, 15) is 4.79 Å². The van der Waals surface area contributed by atoms with Gasteiger partial charge in [0, 0.05) is 19.2 Å². The van der Waals surface area contributed by atoms with Crippen molar-refractivity contribution in [2.24, 2.45) is 0 Å². The normalized spacial score (nSPS) is 9.56. The average molecular weight is 238 g/mol. The summed E-state index contributed by atoms with van der Waals surface area (Å²) in [5.41, 5.74) is 6.45. The Morgan fingerprint density at radius 1 is 1.62 bits per heavy atom. The molecule has 4 nitrogen and oxygen atoms in total. The number of hydrogen-bond donors (Lipinski definition) is 1. The molecule has 84 valence electrons. The number of benzene rings is 1. The lowest BCUT2D eigenvalue weighted by atomic mass is 10.2. The lowest BCUT2D eigenvalue weighted by Crippen LogP contribution is -2.27. The van der Waals surface area contributed by atoms with Crippen LogP contribution in [0.15, 0.2) is 18.2 Å². The van der Waals surface area contributed by atoms with Crippen LogP contribution in [0.4, 0.5) is 5.69 Å². The third-order valence-electron chi connectivity index (χ3n) is 2.15. The number of nitriles is 1. The summed E-state index contributed by atoms with van der Waals surface area (Å²) in [6.07, 6.45) is 0.311. The molecule has 0 aromatic heterocycles. The van der Waals surface area contributed by atoms with E-state index in [2.05, 4.69) is 0 Å². The minimum atomic E-state index is -0.168. The third-order valence-corrected chi connectivity index (χ3v) is 2.49. The smallest absolute Gasteiger partial charge is 0.253 e. The van der Waals surface area contributed by atoms with Crippen LogP contribution in [0.5, 0.6) is 0 Å². The predicted octanol–water partition coefficient (Wildman–Crippen LogP) is 1.91. The number of rotatable bonds is 3. The van der Waals surface area contributed by atoms with Crippen LogP contribution in [-0.2, 0) is 0 Å². The lowest BCUT2D eigenvalue weighted by Gasteiger charge is -2.15. The maximum Gasteiger partial charge on any atom is 0.253 e. The second-order valence-corrected chi connectivity index (χ2v) is 3.78. The molecule has 0 atom stereocenters. The number of anilines is 1. The van der Waals surface area contributed by atoms with Crippen LogP contribution in [0, 0.1) is 11.3 Å². The van der Waals surface area contributed by atoms with E-state index >= 15 is 0 Å². The van der Waals surface area contributed by atoms with E-state index in [0.29, 0.717) is 29.2 Å². The highest BCUT2D eigenvalue weighted by Gasteiger charge is 2.12. The van der Waals surface area contributed by atoms with Gasteiger partial charge in [-0.05, 0) is 18.2 Å². The predicted molar refractivity (Wildman–Crippen MR) is 63.1 cm³/mol. The molecule has 0 fully saturated rings. The van der Waals surface area contributed by atoms with Gasteiger partial charge in [0.25, 0.3) is 5.91 Å². The van der Waals surface area contributed by atoms with Gasteiger partial charge in [-0.25, -0.2) is 0 Å². The van der Waals surface area contributed by atoms with Gasteiger partial charge in [-0.15, -0.1) is 0 Å². The number of nitrogens with two attached hydrogens (primary N) is 1. The van der Waals surface area contributed by atoms with Crippen molar-refractivity contribution in [1.29, 1.82) is 5.26 Å². The number of amides is 1. The molecular formula is C11H12ClN3O. The second kappa shape index (κ2) is 5.38. The van der Waals surface area contributed by atoms with Crippen LogP contribution in [0.2, 0.25) is 5.02 Å². The Labute approximate surface area is 99.2 Å². The fraction of sp³-hybridized carbons (Fsp3) is 0.273. The Morgan fingerprint density at radius 3 is 2.88 bits per heavy atom. The van der Waals surface area contributed by atoms with E-state index in [1.165, 1.54) is 11.0 Å². The Balaban J connectivity index is 2.80. The van der Waals surface area contributed by atoms with Crippen molar-refractivity contribution in [3.63, 3.8) is 0 Å². The Morgan fingerprint density at radius 2 is 2.31 bits per heavy atom. The molecule has 0 saturated carbocycles. The molecule has 0 heterocycles. The Bertz CT molecular complexity index is 439. The van der Waals surface area contributed by atoms with Crippen LogP contribution in [0.25, 0.3) is 0 Å². The van der Waals surface area contributed by atoms with Crippen LogP contribution in [0.1, 0.15) is 16.8 Å². The van der Waals surface area contributed by atoms with Crippen LogP contribution in [0.3, 0.4) is 0 Å². The summed E-state index contributed by atoms with van der Waals surface area (Å²) in [7, 11) is 1.64. The maximum absolute atomic E-state index is 11.8. The first kappa shape index (κ1) is 12.3. The van der Waals surface area contributed by atoms with Gasteiger partial charge in [-0.2, -0.15) is 5.26 Å². The van der Waals surface area contributed by atoms with E-state index in [0.717, 1.165) is 0 Å². The third kappa shape index (κ3) is 2.88. The number of nitrogen functional groups attached to an aromatic ring is 1. The van der Waals surface area contributed by atoms with Gasteiger partial charge in [-0.3, -0.25) is 4.79 Å². The standard InChI is InChI=1S/C11H12ClN3O/c1-15(6-2-5-13)11(16)8-3-4-9(12)10(14)7-8/h3-4,7H,2,6,14H2,1H3. The Hall–Kier alpha value is -1.73. The van der Waals surface area contributed by atoms with Gasteiger partial charge < -0.3 is 10.6 Å². The first-order valence-corrected chi connectivity index (χ1v) is 5.11. The summed E-state index contributed by atoms with van der Waals surface area (Å²) in [5.74, 6) is -0.168. The number of nitrogens with zero attached hydrogens (tertiary/aromatic N) is 2. The minimum Gasteiger partial charge on any atom is -0.398 e. The van der Waals surface area contributed by atoms with Gasteiger partial charge in [0.1, 0.15) is 0 Å². The van der Waals surface area contributed by atoms with Crippen molar-refractivity contribution in [1.82, 2.24) is 4.90 Å². The van der Waals surface area contributed by atoms with E-state index in [-0.39, 0.29) is 5.91 Å². The highest BCUT2D eigenvalue weighted by molar-refractivity contribution is 6.33. The van der Waals surface area contributed by atoms with Gasteiger partial charge in [0.05, 0.1) is 23.2 Å². The molecule has 2 N–H and O–H groups in total. The van der Waals surface area contributed by atoms with Crippen molar-refractivity contribution in [2.75, 3.05) is 19.3 Å². The van der Waals surface area contributed by atoms with Crippen molar-refractivity contribution in [3.8, 4) is 6.07 Å². The monoisotopic (exact) mass is 237 g/mol. The Kier molecular flexibility index (Phi) is 4.15. The first-order chi connectivity index (χ1) is 7.56. The first-order valence-electron chi connectivity index (χ1n) is 4.73. The molecule has 0 unspecified atom stereocenters. The zero-order valence-electron chi connectivity index (χ0n) is 8.90. The average Bonchev–Trinajstić information content (AvgIpc) is 2.28. The molecule has 1 aromatic rings. The van der Waals surface area contributed by atoms with Crippen LogP contribution >= 0.6 is 11.6 Å². The summed E-state index contributed by atoms with van der Waals surface area (Å²) in [6, 6.07) is 6.72. The molecule has 1 rings (SSSR count).